The third kappa shape index (κ3) is 2.66. The van der Waals surface area contributed by atoms with Crippen LogP contribution in [0.15, 0.2) is 29.1 Å². The summed E-state index contributed by atoms with van der Waals surface area (Å²) < 4.78 is 10.5. The summed E-state index contributed by atoms with van der Waals surface area (Å²) in [6.45, 7) is 2.90. The second kappa shape index (κ2) is 5.20. The molecule has 0 amide bonds. The molecule has 6 heteroatoms. The highest BCUT2D eigenvalue weighted by atomic mass is 16.5. The van der Waals surface area contributed by atoms with Gasteiger partial charge in [0, 0.05) is 0 Å². The van der Waals surface area contributed by atoms with Crippen LogP contribution < -0.4 is 15.8 Å². The van der Waals surface area contributed by atoms with Gasteiger partial charge >= 0.3 is 0 Å². The summed E-state index contributed by atoms with van der Waals surface area (Å²) in [5, 5.41) is 3.06. The fourth-order valence-electron chi connectivity index (χ4n) is 1.36. The average Bonchev–Trinajstić information content (AvgIpc) is 2.83. The van der Waals surface area contributed by atoms with Crippen LogP contribution in [0, 0.1) is 0 Å². The largest absolute Gasteiger partial charge is 0.476 e. The van der Waals surface area contributed by atoms with Gasteiger partial charge < -0.3 is 20.2 Å². The number of nitrogen functional groups attached to an aromatic ring is 1. The molecule has 0 fully saturated rings. The van der Waals surface area contributed by atoms with E-state index >= 15 is 0 Å². The predicted octanol–water partition coefficient (Wildman–Crippen LogP) is 1.66. The van der Waals surface area contributed by atoms with Gasteiger partial charge in [-0.1, -0.05) is 0 Å². The van der Waals surface area contributed by atoms with Gasteiger partial charge in [0.25, 0.3) is 0 Å². The van der Waals surface area contributed by atoms with Crippen molar-refractivity contribution >= 4 is 11.5 Å². The quantitative estimate of drug-likeness (QED) is 0.818. The molecule has 0 bridgehead atoms. The van der Waals surface area contributed by atoms with Gasteiger partial charge in [0.1, 0.15) is 17.8 Å². The van der Waals surface area contributed by atoms with Crippen molar-refractivity contribution in [3.05, 3.63) is 30.5 Å². The van der Waals surface area contributed by atoms with Crippen LogP contribution in [0.4, 0.5) is 11.5 Å². The Balaban J connectivity index is 2.07. The van der Waals surface area contributed by atoms with Gasteiger partial charge in [-0.15, -0.1) is 0 Å². The Bertz CT molecular complexity index is 470. The molecule has 0 spiro atoms. The lowest BCUT2D eigenvalue weighted by Gasteiger charge is -2.09. The molecule has 0 aromatic carbocycles. The highest BCUT2D eigenvalue weighted by Crippen LogP contribution is 2.24. The molecule has 2 rings (SSSR count). The Kier molecular flexibility index (Phi) is 3.44. The molecule has 0 saturated heterocycles. The second-order valence-electron chi connectivity index (χ2n) is 3.31. The van der Waals surface area contributed by atoms with Gasteiger partial charge in [-0.05, 0) is 19.1 Å². The SMILES string of the molecule is CCOc1ncnc(NCc2ccco2)c1N. The highest BCUT2D eigenvalue weighted by Gasteiger charge is 2.08. The number of hydrogen-bond acceptors (Lipinski definition) is 6. The number of ether oxygens (including phenoxy) is 1. The van der Waals surface area contributed by atoms with E-state index in [2.05, 4.69) is 15.3 Å². The van der Waals surface area contributed by atoms with E-state index in [0.717, 1.165) is 5.76 Å². The average molecular weight is 234 g/mol. The van der Waals surface area contributed by atoms with Crippen molar-refractivity contribution in [1.29, 1.82) is 0 Å². The molecule has 0 atom stereocenters. The van der Waals surface area contributed by atoms with Gasteiger partial charge in [-0.25, -0.2) is 4.98 Å². The van der Waals surface area contributed by atoms with Gasteiger partial charge in [-0.2, -0.15) is 4.98 Å². The Morgan fingerprint density at radius 1 is 1.47 bits per heavy atom. The first kappa shape index (κ1) is 11.3. The van der Waals surface area contributed by atoms with Crippen molar-refractivity contribution in [2.75, 3.05) is 17.7 Å². The van der Waals surface area contributed by atoms with Crippen molar-refractivity contribution in [3.8, 4) is 5.88 Å². The lowest BCUT2D eigenvalue weighted by molar-refractivity contribution is 0.328. The van der Waals surface area contributed by atoms with Crippen LogP contribution in [-0.4, -0.2) is 16.6 Å². The van der Waals surface area contributed by atoms with E-state index in [-0.39, 0.29) is 0 Å². The summed E-state index contributed by atoms with van der Waals surface area (Å²) in [7, 11) is 0. The van der Waals surface area contributed by atoms with E-state index in [1.165, 1.54) is 6.33 Å². The zero-order valence-corrected chi connectivity index (χ0v) is 9.51. The molecule has 2 aromatic heterocycles. The highest BCUT2D eigenvalue weighted by molar-refractivity contribution is 5.66. The first-order valence-electron chi connectivity index (χ1n) is 5.30. The Labute approximate surface area is 98.8 Å². The van der Waals surface area contributed by atoms with E-state index < -0.39 is 0 Å². The third-order valence-electron chi connectivity index (χ3n) is 2.14. The summed E-state index contributed by atoms with van der Waals surface area (Å²) >= 11 is 0. The lowest BCUT2D eigenvalue weighted by atomic mass is 10.4. The van der Waals surface area contributed by atoms with Gasteiger partial charge in [-0.3, -0.25) is 0 Å². The number of anilines is 2. The first-order valence-corrected chi connectivity index (χ1v) is 5.30. The standard InChI is InChI=1S/C11H14N4O2/c1-2-16-11-9(12)10(14-7-15-11)13-6-8-4-3-5-17-8/h3-5,7H,2,6,12H2,1H3,(H,13,14,15). The molecular weight excluding hydrogens is 220 g/mol. The third-order valence-corrected chi connectivity index (χ3v) is 2.14. The summed E-state index contributed by atoms with van der Waals surface area (Å²) in [4.78, 5) is 8.00. The van der Waals surface area contributed by atoms with E-state index in [1.54, 1.807) is 6.26 Å². The Morgan fingerprint density at radius 3 is 3.06 bits per heavy atom. The number of hydrogen-bond donors (Lipinski definition) is 2. The zero-order valence-electron chi connectivity index (χ0n) is 9.51. The summed E-state index contributed by atoms with van der Waals surface area (Å²) in [6.07, 6.45) is 3.03. The maximum atomic E-state index is 5.87. The predicted molar refractivity (Wildman–Crippen MR) is 63.6 cm³/mol. The molecule has 2 heterocycles. The Morgan fingerprint density at radius 2 is 2.35 bits per heavy atom. The van der Waals surface area contributed by atoms with Crippen LogP contribution in [0.2, 0.25) is 0 Å². The lowest BCUT2D eigenvalue weighted by Crippen LogP contribution is -2.07. The molecule has 0 saturated carbocycles. The van der Waals surface area contributed by atoms with Crippen LogP contribution in [0.25, 0.3) is 0 Å². The van der Waals surface area contributed by atoms with Crippen molar-refractivity contribution in [2.45, 2.75) is 13.5 Å². The molecule has 17 heavy (non-hydrogen) atoms. The van der Waals surface area contributed by atoms with Crippen LogP contribution in [0.5, 0.6) is 5.88 Å². The van der Waals surface area contributed by atoms with E-state index in [1.807, 2.05) is 19.1 Å². The molecule has 6 nitrogen and oxygen atoms in total. The zero-order chi connectivity index (χ0) is 12.1. The molecule has 90 valence electrons. The molecule has 3 N–H and O–H groups in total. The van der Waals surface area contributed by atoms with Crippen LogP contribution >= 0.6 is 0 Å². The summed E-state index contributed by atoms with van der Waals surface area (Å²) in [5.74, 6) is 1.74. The van der Waals surface area contributed by atoms with Crippen LogP contribution in [0.3, 0.4) is 0 Å². The number of nitrogens with zero attached hydrogens (tertiary/aromatic N) is 2. The van der Waals surface area contributed by atoms with Crippen molar-refractivity contribution < 1.29 is 9.15 Å². The second-order valence-corrected chi connectivity index (χ2v) is 3.31. The van der Waals surface area contributed by atoms with E-state index in [4.69, 9.17) is 14.9 Å². The number of aromatic nitrogens is 2. The smallest absolute Gasteiger partial charge is 0.242 e. The van der Waals surface area contributed by atoms with Crippen molar-refractivity contribution in [3.63, 3.8) is 0 Å². The van der Waals surface area contributed by atoms with Gasteiger partial charge in [0.05, 0.1) is 19.4 Å². The van der Waals surface area contributed by atoms with E-state index in [0.29, 0.717) is 30.5 Å². The normalized spacial score (nSPS) is 10.2. The van der Waals surface area contributed by atoms with Crippen molar-refractivity contribution in [2.24, 2.45) is 0 Å². The maximum Gasteiger partial charge on any atom is 0.242 e. The maximum absolute atomic E-state index is 5.87. The minimum absolute atomic E-state index is 0.393. The molecule has 2 aromatic rings. The molecule has 0 aliphatic heterocycles. The number of nitrogens with one attached hydrogen (secondary N) is 1. The molecule has 0 aliphatic carbocycles. The summed E-state index contributed by atoms with van der Waals surface area (Å²) in [6, 6.07) is 3.69. The number of nitrogens with two attached hydrogens (primary N) is 1. The van der Waals surface area contributed by atoms with Crippen LogP contribution in [-0.2, 0) is 6.54 Å². The summed E-state index contributed by atoms with van der Waals surface area (Å²) in [5.41, 5.74) is 6.27. The first-order chi connectivity index (χ1) is 8.31. The van der Waals surface area contributed by atoms with Crippen molar-refractivity contribution in [1.82, 2.24) is 9.97 Å². The van der Waals surface area contributed by atoms with Gasteiger partial charge in [0.15, 0.2) is 5.82 Å². The molecular formula is C11H14N4O2. The minimum atomic E-state index is 0.393. The Hall–Kier alpha value is -2.24. The fourth-order valence-corrected chi connectivity index (χ4v) is 1.36. The monoisotopic (exact) mass is 234 g/mol. The fraction of sp³-hybridized carbons (Fsp3) is 0.273. The minimum Gasteiger partial charge on any atom is -0.476 e. The van der Waals surface area contributed by atoms with Crippen LogP contribution in [0.1, 0.15) is 12.7 Å². The molecule has 0 unspecified atom stereocenters. The van der Waals surface area contributed by atoms with E-state index in [9.17, 15) is 0 Å². The number of furan rings is 1. The molecule has 0 radical (unpaired) electrons. The topological polar surface area (TPSA) is 86.2 Å². The number of rotatable bonds is 5. The molecule has 0 aliphatic rings. The van der Waals surface area contributed by atoms with Gasteiger partial charge in [0.2, 0.25) is 5.88 Å².